The zero-order valence-corrected chi connectivity index (χ0v) is 12.4. The number of thioether (sulfide) groups is 1. The van der Waals surface area contributed by atoms with E-state index in [-0.39, 0.29) is 5.91 Å². The molecule has 0 radical (unpaired) electrons. The topological polar surface area (TPSA) is 46.9 Å². The summed E-state index contributed by atoms with van der Waals surface area (Å²) in [5, 5.41) is 3.73. The molecule has 1 heterocycles. The molecule has 4 nitrogen and oxygen atoms in total. The fourth-order valence-electron chi connectivity index (χ4n) is 1.91. The Bertz CT molecular complexity index is 606. The van der Waals surface area contributed by atoms with Crippen LogP contribution in [0.1, 0.15) is 13.3 Å². The maximum Gasteiger partial charge on any atom is 0.230 e. The van der Waals surface area contributed by atoms with Crippen molar-refractivity contribution in [3.8, 4) is 0 Å². The molecule has 0 aliphatic rings. The first-order valence-corrected chi connectivity index (χ1v) is 7.70. The van der Waals surface area contributed by atoms with Crippen molar-refractivity contribution in [3.05, 3.63) is 36.9 Å². The van der Waals surface area contributed by atoms with Gasteiger partial charge < -0.3 is 9.88 Å². The number of rotatable bonds is 7. The molecule has 0 bridgehead atoms. The lowest BCUT2D eigenvalue weighted by Crippen LogP contribution is -2.25. The van der Waals surface area contributed by atoms with E-state index in [0.29, 0.717) is 12.3 Å². The van der Waals surface area contributed by atoms with Crippen LogP contribution in [-0.2, 0) is 11.3 Å². The highest BCUT2D eigenvalue weighted by molar-refractivity contribution is 7.99. The summed E-state index contributed by atoms with van der Waals surface area (Å²) in [4.78, 5) is 16.3. The highest BCUT2D eigenvalue weighted by Crippen LogP contribution is 2.23. The normalized spacial score (nSPS) is 10.7. The second-order valence-corrected chi connectivity index (χ2v) is 5.36. The summed E-state index contributed by atoms with van der Waals surface area (Å²) in [6, 6.07) is 7.98. The van der Waals surface area contributed by atoms with E-state index in [1.54, 1.807) is 0 Å². The molecule has 0 fully saturated rings. The van der Waals surface area contributed by atoms with Crippen molar-refractivity contribution in [3.63, 3.8) is 0 Å². The zero-order chi connectivity index (χ0) is 14.4. The molecule has 2 rings (SSSR count). The van der Waals surface area contributed by atoms with Gasteiger partial charge in [-0.15, -0.1) is 6.58 Å². The van der Waals surface area contributed by atoms with Gasteiger partial charge >= 0.3 is 0 Å². The van der Waals surface area contributed by atoms with E-state index in [0.717, 1.165) is 29.2 Å². The van der Waals surface area contributed by atoms with E-state index in [2.05, 4.69) is 21.4 Å². The smallest absolute Gasteiger partial charge is 0.230 e. The van der Waals surface area contributed by atoms with Crippen LogP contribution in [0.15, 0.2) is 42.1 Å². The van der Waals surface area contributed by atoms with Crippen LogP contribution in [-0.4, -0.2) is 27.8 Å². The predicted molar refractivity (Wildman–Crippen MR) is 84.0 cm³/mol. The fraction of sp³-hybridized carbons (Fsp3) is 0.333. The fourth-order valence-corrected chi connectivity index (χ4v) is 2.77. The first kappa shape index (κ1) is 14.7. The Balaban J connectivity index is 2.14. The maximum atomic E-state index is 11.7. The number of nitrogens with zero attached hydrogens (tertiary/aromatic N) is 2. The van der Waals surface area contributed by atoms with Gasteiger partial charge in [-0.05, 0) is 18.6 Å². The van der Waals surface area contributed by atoms with E-state index in [1.807, 2.05) is 37.3 Å². The Morgan fingerprint density at radius 3 is 3.05 bits per heavy atom. The number of nitrogens with one attached hydrogen (secondary N) is 1. The van der Waals surface area contributed by atoms with Gasteiger partial charge in [0, 0.05) is 13.1 Å². The molecular weight excluding hydrogens is 270 g/mol. The first-order chi connectivity index (χ1) is 9.76. The highest BCUT2D eigenvalue weighted by atomic mass is 32.2. The molecule has 2 aromatic rings. The van der Waals surface area contributed by atoms with E-state index < -0.39 is 0 Å². The molecule has 1 aromatic carbocycles. The monoisotopic (exact) mass is 289 g/mol. The number of para-hydroxylation sites is 2. The van der Waals surface area contributed by atoms with Gasteiger partial charge in [0.2, 0.25) is 5.91 Å². The van der Waals surface area contributed by atoms with Crippen molar-refractivity contribution in [2.45, 2.75) is 25.0 Å². The summed E-state index contributed by atoms with van der Waals surface area (Å²) in [6.07, 6.45) is 2.79. The number of aromatic nitrogens is 2. The maximum absolute atomic E-state index is 11.7. The Labute approximate surface area is 123 Å². The van der Waals surface area contributed by atoms with E-state index in [4.69, 9.17) is 0 Å². The van der Waals surface area contributed by atoms with E-state index in [9.17, 15) is 4.79 Å². The van der Waals surface area contributed by atoms with Crippen LogP contribution in [0.5, 0.6) is 0 Å². The lowest BCUT2D eigenvalue weighted by molar-refractivity contribution is -0.118. The Hall–Kier alpha value is -1.75. The molecule has 20 heavy (non-hydrogen) atoms. The molecule has 5 heteroatoms. The number of hydrogen-bond acceptors (Lipinski definition) is 3. The average molecular weight is 289 g/mol. The number of amides is 1. The van der Waals surface area contributed by atoms with Crippen LogP contribution in [0.3, 0.4) is 0 Å². The Kier molecular flexibility index (Phi) is 5.24. The van der Waals surface area contributed by atoms with Gasteiger partial charge in [0.05, 0.1) is 16.8 Å². The third-order valence-corrected chi connectivity index (χ3v) is 3.81. The first-order valence-electron chi connectivity index (χ1n) is 6.72. The van der Waals surface area contributed by atoms with Crippen molar-refractivity contribution in [1.29, 1.82) is 0 Å². The van der Waals surface area contributed by atoms with Crippen molar-refractivity contribution in [1.82, 2.24) is 14.9 Å². The van der Waals surface area contributed by atoms with Gasteiger partial charge in [-0.2, -0.15) is 0 Å². The van der Waals surface area contributed by atoms with Gasteiger partial charge in [0.1, 0.15) is 0 Å². The molecule has 1 N–H and O–H groups in total. The third-order valence-electron chi connectivity index (χ3n) is 2.84. The van der Waals surface area contributed by atoms with Crippen molar-refractivity contribution >= 4 is 28.7 Å². The molecular formula is C15H19N3OS. The van der Waals surface area contributed by atoms with Gasteiger partial charge in [0.25, 0.3) is 0 Å². The van der Waals surface area contributed by atoms with Crippen LogP contribution in [0.25, 0.3) is 11.0 Å². The summed E-state index contributed by atoms with van der Waals surface area (Å²) in [6.45, 7) is 7.24. The second-order valence-electron chi connectivity index (χ2n) is 4.42. The summed E-state index contributed by atoms with van der Waals surface area (Å²) in [5.74, 6) is 0.439. The zero-order valence-electron chi connectivity index (χ0n) is 11.6. The summed E-state index contributed by atoms with van der Waals surface area (Å²) in [7, 11) is 0. The minimum Gasteiger partial charge on any atom is -0.355 e. The second kappa shape index (κ2) is 7.14. The van der Waals surface area contributed by atoms with Gasteiger partial charge in [-0.1, -0.05) is 36.9 Å². The van der Waals surface area contributed by atoms with Crippen LogP contribution in [0, 0.1) is 0 Å². The van der Waals surface area contributed by atoms with Crippen LogP contribution >= 0.6 is 11.8 Å². The molecule has 0 aliphatic heterocycles. The number of hydrogen-bond donors (Lipinski definition) is 1. The third kappa shape index (κ3) is 3.42. The molecule has 1 aromatic heterocycles. The number of benzene rings is 1. The van der Waals surface area contributed by atoms with Crippen LogP contribution < -0.4 is 5.32 Å². The molecule has 0 saturated heterocycles. The minimum absolute atomic E-state index is 0.0501. The number of allylic oxidation sites excluding steroid dienone is 1. The largest absolute Gasteiger partial charge is 0.355 e. The molecule has 106 valence electrons. The highest BCUT2D eigenvalue weighted by Gasteiger charge is 2.11. The van der Waals surface area contributed by atoms with Gasteiger partial charge in [-0.25, -0.2) is 4.98 Å². The van der Waals surface area contributed by atoms with Crippen molar-refractivity contribution < 1.29 is 4.79 Å². The summed E-state index contributed by atoms with van der Waals surface area (Å²) >= 11 is 1.46. The number of imidazole rings is 1. The number of carbonyl (C=O) groups excluding carboxylic acids is 1. The molecule has 1 amide bonds. The van der Waals surface area contributed by atoms with E-state index in [1.165, 1.54) is 11.8 Å². The van der Waals surface area contributed by atoms with Crippen LogP contribution in [0.4, 0.5) is 0 Å². The lowest BCUT2D eigenvalue weighted by atomic mass is 10.3. The molecule has 0 saturated carbocycles. The summed E-state index contributed by atoms with van der Waals surface area (Å²) in [5.41, 5.74) is 2.02. The SMILES string of the molecule is C=CCn1c(SCC(=O)NCCC)nc2ccccc21. The molecule has 0 unspecified atom stereocenters. The van der Waals surface area contributed by atoms with Crippen molar-refractivity contribution in [2.24, 2.45) is 0 Å². The van der Waals surface area contributed by atoms with E-state index >= 15 is 0 Å². The number of carbonyl (C=O) groups is 1. The van der Waals surface area contributed by atoms with Crippen LogP contribution in [0.2, 0.25) is 0 Å². The Morgan fingerprint density at radius 1 is 1.50 bits per heavy atom. The average Bonchev–Trinajstić information content (AvgIpc) is 2.81. The lowest BCUT2D eigenvalue weighted by Gasteiger charge is -2.06. The van der Waals surface area contributed by atoms with Gasteiger partial charge in [-0.3, -0.25) is 4.79 Å². The van der Waals surface area contributed by atoms with Gasteiger partial charge in [0.15, 0.2) is 5.16 Å². The summed E-state index contributed by atoms with van der Waals surface area (Å²) < 4.78 is 2.08. The number of fused-ring (bicyclic) bond motifs is 1. The standard InChI is InChI=1S/C15H19N3OS/c1-3-9-16-14(19)11-20-15-17-12-7-5-6-8-13(12)18(15)10-4-2/h4-8H,2-3,9-11H2,1H3,(H,16,19). The van der Waals surface area contributed by atoms with Crippen molar-refractivity contribution in [2.75, 3.05) is 12.3 Å². The molecule has 0 atom stereocenters. The Morgan fingerprint density at radius 2 is 2.30 bits per heavy atom. The predicted octanol–water partition coefficient (Wildman–Crippen LogP) is 2.84. The molecule has 0 aliphatic carbocycles. The minimum atomic E-state index is 0.0501. The molecule has 0 spiro atoms. The quantitative estimate of drug-likeness (QED) is 0.630.